The van der Waals surface area contributed by atoms with Gasteiger partial charge in [0.1, 0.15) is 0 Å². The van der Waals surface area contributed by atoms with Gasteiger partial charge in [0.2, 0.25) is 0 Å². The first-order valence-electron chi connectivity index (χ1n) is 5.83. The van der Waals surface area contributed by atoms with Crippen LogP contribution in [0.4, 0.5) is 0 Å². The Balaban J connectivity index is 2.10. The van der Waals surface area contributed by atoms with E-state index < -0.39 is 12.0 Å². The first-order chi connectivity index (χ1) is 8.70. The molecule has 2 N–H and O–H groups in total. The summed E-state index contributed by atoms with van der Waals surface area (Å²) in [5.74, 6) is -0.780. The molecule has 0 saturated carbocycles. The van der Waals surface area contributed by atoms with E-state index in [-0.39, 0.29) is 0 Å². The number of carbonyl (C=O) groups is 1. The van der Waals surface area contributed by atoms with Crippen LogP contribution < -0.4 is 4.27 Å². The van der Waals surface area contributed by atoms with E-state index in [9.17, 15) is 4.79 Å². The number of aromatic nitrogens is 1. The Morgan fingerprint density at radius 1 is 1.28 bits per heavy atom. The number of nitrogens with one attached hydrogen (secondary N) is 1. The van der Waals surface area contributed by atoms with Crippen LogP contribution in [0.15, 0.2) is 48.8 Å². The molecule has 0 aliphatic carbocycles. The summed E-state index contributed by atoms with van der Waals surface area (Å²) in [6.07, 6.45) is 4.50. The average molecular weight is 305 g/mol. The zero-order valence-corrected chi connectivity index (χ0v) is 14.4. The second-order valence-electron chi connectivity index (χ2n) is 4.14. The molecule has 0 amide bonds. The normalized spacial score (nSPS) is 12.4. The first-order valence-corrected chi connectivity index (χ1v) is 7.93. The first kappa shape index (κ1) is 12.9. The molecule has 0 saturated heterocycles. The van der Waals surface area contributed by atoms with E-state index >= 15 is 0 Å². The van der Waals surface area contributed by atoms with Gasteiger partial charge in [-0.05, 0) is 0 Å². The maximum absolute atomic E-state index is 11.0. The van der Waals surface area contributed by atoms with E-state index in [4.69, 9.17) is 5.11 Å². The maximum atomic E-state index is 11.0. The summed E-state index contributed by atoms with van der Waals surface area (Å²) in [7, 11) is 0. The van der Waals surface area contributed by atoms with Crippen molar-refractivity contribution in [3.05, 3.63) is 54.4 Å². The third-order valence-electron chi connectivity index (χ3n) is 2.93. The standard InChI is InChI=1S/C13H16GeN2O2/c14-15-12(13(17)18)9-10-3-5-11(6-4-10)16-7-1-2-8-16/h1-8,12,15H,9H2,14H3,(H,17,18)/t12-/m0/s1. The van der Waals surface area contributed by atoms with Crippen LogP contribution in [0.2, 0.25) is 0 Å². The van der Waals surface area contributed by atoms with Crippen LogP contribution in [0.25, 0.3) is 5.69 Å². The number of rotatable bonds is 5. The molecule has 1 heterocycles. The molecule has 18 heavy (non-hydrogen) atoms. The van der Waals surface area contributed by atoms with Crippen LogP contribution in [-0.2, 0) is 11.2 Å². The van der Waals surface area contributed by atoms with Crippen molar-refractivity contribution in [2.75, 3.05) is 0 Å². The molecular formula is C13H16GeN2O2. The molecule has 5 heteroatoms. The minimum atomic E-state index is -0.780. The van der Waals surface area contributed by atoms with Crippen molar-refractivity contribution in [2.24, 2.45) is 0 Å². The predicted molar refractivity (Wildman–Crippen MR) is 74.0 cm³/mol. The van der Waals surface area contributed by atoms with Crippen LogP contribution in [0.5, 0.6) is 0 Å². The molecular weight excluding hydrogens is 289 g/mol. The van der Waals surface area contributed by atoms with Crippen molar-refractivity contribution in [3.8, 4) is 5.69 Å². The summed E-state index contributed by atoms with van der Waals surface area (Å²) >= 11 is 0.334. The van der Waals surface area contributed by atoms with Gasteiger partial charge in [0.15, 0.2) is 0 Å². The van der Waals surface area contributed by atoms with Gasteiger partial charge in [-0.3, -0.25) is 0 Å². The van der Waals surface area contributed by atoms with Crippen molar-refractivity contribution in [1.29, 1.82) is 0 Å². The zero-order chi connectivity index (χ0) is 13.0. The Labute approximate surface area is 114 Å². The van der Waals surface area contributed by atoms with E-state index in [1.54, 1.807) is 0 Å². The van der Waals surface area contributed by atoms with Gasteiger partial charge in [-0.15, -0.1) is 0 Å². The van der Waals surface area contributed by atoms with Crippen LogP contribution in [0.1, 0.15) is 5.56 Å². The van der Waals surface area contributed by atoms with Crippen LogP contribution in [0, 0.1) is 0 Å². The molecule has 1 aromatic carbocycles. The third kappa shape index (κ3) is 3.02. The van der Waals surface area contributed by atoms with Crippen molar-refractivity contribution in [3.63, 3.8) is 0 Å². The Morgan fingerprint density at radius 2 is 1.89 bits per heavy atom. The summed E-state index contributed by atoms with van der Waals surface area (Å²) < 4.78 is 4.99. The average Bonchev–Trinajstić information content (AvgIpc) is 2.90. The SMILES string of the molecule is O=C(O)[C@H](Cc1ccc(-n2cccc2)cc1)[NH][GeH3]. The van der Waals surface area contributed by atoms with Crippen molar-refractivity contribution >= 4 is 22.7 Å². The van der Waals surface area contributed by atoms with Gasteiger partial charge in [-0.1, -0.05) is 0 Å². The summed E-state index contributed by atoms with van der Waals surface area (Å²) in [6, 6.07) is 11.5. The fourth-order valence-electron chi connectivity index (χ4n) is 1.86. The quantitative estimate of drug-likeness (QED) is 0.784. The molecule has 0 spiro atoms. The fourth-order valence-corrected chi connectivity index (χ4v) is 2.81. The number of aliphatic carboxylic acids is 1. The molecule has 0 unspecified atom stereocenters. The Bertz CT molecular complexity index is 508. The molecule has 0 bridgehead atoms. The monoisotopic (exact) mass is 306 g/mol. The van der Waals surface area contributed by atoms with Gasteiger partial charge in [-0.25, -0.2) is 0 Å². The number of nitrogens with zero attached hydrogens (tertiary/aromatic N) is 1. The van der Waals surface area contributed by atoms with Crippen molar-refractivity contribution < 1.29 is 9.90 Å². The number of carboxylic acids is 1. The van der Waals surface area contributed by atoms with Gasteiger partial charge in [0, 0.05) is 0 Å². The van der Waals surface area contributed by atoms with Crippen LogP contribution in [0.3, 0.4) is 0 Å². The zero-order valence-electron chi connectivity index (χ0n) is 10.2. The van der Waals surface area contributed by atoms with Gasteiger partial charge >= 0.3 is 114 Å². The number of hydrogen-bond acceptors (Lipinski definition) is 2. The second kappa shape index (κ2) is 5.88. The third-order valence-corrected chi connectivity index (χ3v) is 4.39. The summed E-state index contributed by atoms with van der Waals surface area (Å²) in [5.41, 5.74) is 2.12. The van der Waals surface area contributed by atoms with Gasteiger partial charge in [-0.2, -0.15) is 0 Å². The van der Waals surface area contributed by atoms with E-state index in [2.05, 4.69) is 4.27 Å². The number of benzene rings is 1. The van der Waals surface area contributed by atoms with E-state index in [1.165, 1.54) is 0 Å². The molecule has 0 aliphatic rings. The van der Waals surface area contributed by atoms with Gasteiger partial charge < -0.3 is 0 Å². The molecule has 0 fully saturated rings. The number of hydrogen-bond donors (Lipinski definition) is 2. The van der Waals surface area contributed by atoms with E-state index in [0.717, 1.165) is 11.3 Å². The molecule has 0 aliphatic heterocycles. The van der Waals surface area contributed by atoms with Crippen LogP contribution in [-0.4, -0.2) is 38.4 Å². The number of carboxylic acid groups (broad SMARTS) is 1. The Kier molecular flexibility index (Phi) is 4.22. The van der Waals surface area contributed by atoms with Crippen molar-refractivity contribution in [1.82, 2.24) is 8.84 Å². The summed E-state index contributed by atoms with van der Waals surface area (Å²) in [6.45, 7) is 0. The van der Waals surface area contributed by atoms with Gasteiger partial charge in [0.25, 0.3) is 0 Å². The molecule has 1 aromatic heterocycles. The summed E-state index contributed by atoms with van der Waals surface area (Å²) in [4.78, 5) is 11.0. The topological polar surface area (TPSA) is 54.3 Å². The molecule has 2 rings (SSSR count). The van der Waals surface area contributed by atoms with Gasteiger partial charge in [0.05, 0.1) is 0 Å². The Morgan fingerprint density at radius 3 is 2.39 bits per heavy atom. The molecule has 1 atom stereocenters. The molecule has 4 nitrogen and oxygen atoms in total. The van der Waals surface area contributed by atoms with Crippen LogP contribution >= 0.6 is 0 Å². The minimum absolute atomic E-state index is 0.334. The Hall–Kier alpha value is -1.53. The molecule has 94 valence electrons. The predicted octanol–water partition coefficient (Wildman–Crippen LogP) is 0.343. The summed E-state index contributed by atoms with van der Waals surface area (Å²) in [5, 5.41) is 9.00. The molecule has 2 aromatic rings. The second-order valence-corrected chi connectivity index (χ2v) is 5.35. The molecule has 0 radical (unpaired) electrons. The van der Waals surface area contributed by atoms with E-state index in [0.29, 0.717) is 23.2 Å². The van der Waals surface area contributed by atoms with E-state index in [1.807, 2.05) is 53.4 Å². The fraction of sp³-hybridized carbons (Fsp3) is 0.154. The van der Waals surface area contributed by atoms with Crippen molar-refractivity contribution in [2.45, 2.75) is 12.5 Å².